The maximum Gasteiger partial charge on any atom is 0.325 e. The number of halogens is 1. The van der Waals surface area contributed by atoms with Crippen molar-refractivity contribution >= 4 is 34.6 Å². The van der Waals surface area contributed by atoms with Gasteiger partial charge in [0.15, 0.2) is 0 Å². The minimum atomic E-state index is -1.23. The average molecular weight is 290 g/mol. The average Bonchev–Trinajstić information content (AvgIpc) is 2.27. The predicted octanol–water partition coefficient (Wildman–Crippen LogP) is 2.04. The second kappa shape index (κ2) is 5.48. The number of hydrogen-bond donors (Lipinski definition) is 2. The predicted molar refractivity (Wildman–Crippen MR) is 65.5 cm³/mol. The van der Waals surface area contributed by atoms with Gasteiger partial charge in [-0.2, -0.15) is 0 Å². The first kappa shape index (κ1) is 14.6. The van der Waals surface area contributed by atoms with E-state index in [1.165, 1.54) is 6.92 Å². The molecule has 1 aromatic rings. The number of nitro benzene ring substituents is 2. The normalized spacial score (nSPS) is 11.7. The molecule has 0 bridgehead atoms. The second-order valence-electron chi connectivity index (χ2n) is 3.54. The Morgan fingerprint density at radius 3 is 2.26 bits per heavy atom. The molecule has 0 aromatic heterocycles. The maximum absolute atomic E-state index is 10.8. The molecule has 0 heterocycles. The van der Waals surface area contributed by atoms with Gasteiger partial charge in [-0.3, -0.25) is 25.0 Å². The Labute approximate surface area is 111 Å². The SMILES string of the molecule is CC(Nc1cc(Cl)c([N+](=O)[O-])cc1[N+](=O)[O-])C(=O)O. The van der Waals surface area contributed by atoms with Crippen LogP contribution in [0.3, 0.4) is 0 Å². The summed E-state index contributed by atoms with van der Waals surface area (Å²) in [7, 11) is 0. The van der Waals surface area contributed by atoms with Crippen LogP contribution in [0.2, 0.25) is 5.02 Å². The molecule has 9 nitrogen and oxygen atoms in total. The van der Waals surface area contributed by atoms with Crippen LogP contribution in [0.4, 0.5) is 17.1 Å². The number of carboxylic acid groups (broad SMARTS) is 1. The molecule has 0 spiro atoms. The lowest BCUT2D eigenvalue weighted by molar-refractivity contribution is -0.393. The van der Waals surface area contributed by atoms with Crippen molar-refractivity contribution in [2.24, 2.45) is 0 Å². The van der Waals surface area contributed by atoms with E-state index < -0.39 is 33.2 Å². The molecule has 0 radical (unpaired) electrons. The number of hydrogen-bond acceptors (Lipinski definition) is 6. The summed E-state index contributed by atoms with van der Waals surface area (Å²) in [6, 6.07) is 0.521. The first-order chi connectivity index (χ1) is 8.73. The monoisotopic (exact) mass is 289 g/mol. The molecule has 0 saturated heterocycles. The first-order valence-corrected chi connectivity index (χ1v) is 5.23. The van der Waals surface area contributed by atoms with E-state index in [1.807, 2.05) is 0 Å². The lowest BCUT2D eigenvalue weighted by Crippen LogP contribution is -2.25. The van der Waals surface area contributed by atoms with Crippen LogP contribution in [0.15, 0.2) is 12.1 Å². The third-order valence-corrected chi connectivity index (χ3v) is 2.50. The molecule has 1 atom stereocenters. The third-order valence-electron chi connectivity index (χ3n) is 2.20. The Bertz CT molecular complexity index is 561. The smallest absolute Gasteiger partial charge is 0.325 e. The number of anilines is 1. The Morgan fingerprint density at radius 2 is 1.84 bits per heavy atom. The number of nitro groups is 2. The lowest BCUT2D eigenvalue weighted by atomic mass is 10.2. The van der Waals surface area contributed by atoms with Crippen molar-refractivity contribution in [1.29, 1.82) is 0 Å². The molecule has 0 fully saturated rings. The van der Waals surface area contributed by atoms with E-state index in [1.54, 1.807) is 0 Å². The zero-order valence-corrected chi connectivity index (χ0v) is 10.2. The summed E-state index contributed by atoms with van der Waals surface area (Å²) >= 11 is 5.61. The molecule has 10 heteroatoms. The van der Waals surface area contributed by atoms with Crippen LogP contribution in [-0.2, 0) is 4.79 Å². The van der Waals surface area contributed by atoms with E-state index in [0.29, 0.717) is 6.07 Å². The van der Waals surface area contributed by atoms with E-state index >= 15 is 0 Å². The Kier molecular flexibility index (Phi) is 4.22. The van der Waals surface area contributed by atoms with Crippen LogP contribution < -0.4 is 5.32 Å². The van der Waals surface area contributed by atoms with Crippen LogP contribution in [0.25, 0.3) is 0 Å². The van der Waals surface area contributed by atoms with Gasteiger partial charge in [0.2, 0.25) is 0 Å². The number of nitrogens with one attached hydrogen (secondary N) is 1. The minimum absolute atomic E-state index is 0.199. The maximum atomic E-state index is 10.8. The fraction of sp³-hybridized carbons (Fsp3) is 0.222. The molecule has 1 unspecified atom stereocenters. The van der Waals surface area contributed by atoms with E-state index in [4.69, 9.17) is 16.7 Å². The molecule has 0 aliphatic rings. The summed E-state index contributed by atoms with van der Waals surface area (Å²) < 4.78 is 0. The standard InChI is InChI=1S/C9H8ClN3O6/c1-4(9(14)15)11-6-2-5(10)7(12(16)17)3-8(6)13(18)19/h2-4,11H,1H3,(H,14,15). The topological polar surface area (TPSA) is 136 Å². The minimum Gasteiger partial charge on any atom is -0.480 e. The third kappa shape index (κ3) is 3.28. The highest BCUT2D eigenvalue weighted by Gasteiger charge is 2.25. The highest BCUT2D eigenvalue weighted by molar-refractivity contribution is 6.33. The molecular formula is C9H8ClN3O6. The van der Waals surface area contributed by atoms with Crippen molar-refractivity contribution < 1.29 is 19.7 Å². The van der Waals surface area contributed by atoms with Gasteiger partial charge in [0.1, 0.15) is 16.8 Å². The number of carbonyl (C=O) groups is 1. The number of benzene rings is 1. The van der Waals surface area contributed by atoms with Crippen LogP contribution in [0, 0.1) is 20.2 Å². The van der Waals surface area contributed by atoms with Gasteiger partial charge in [0.25, 0.3) is 11.4 Å². The van der Waals surface area contributed by atoms with Gasteiger partial charge in [-0.1, -0.05) is 11.6 Å². The first-order valence-electron chi connectivity index (χ1n) is 4.85. The Morgan fingerprint density at radius 1 is 1.32 bits per heavy atom. The van der Waals surface area contributed by atoms with Crippen molar-refractivity contribution in [1.82, 2.24) is 0 Å². The Balaban J connectivity index is 3.31. The van der Waals surface area contributed by atoms with Crippen LogP contribution in [0.5, 0.6) is 0 Å². The zero-order chi connectivity index (χ0) is 14.7. The highest BCUT2D eigenvalue weighted by atomic mass is 35.5. The van der Waals surface area contributed by atoms with Crippen LogP contribution in [-0.4, -0.2) is 27.0 Å². The summed E-state index contributed by atoms with van der Waals surface area (Å²) in [5, 5.41) is 32.2. The van der Waals surface area contributed by atoms with E-state index in [0.717, 1.165) is 6.07 Å². The number of nitrogens with zero attached hydrogens (tertiary/aromatic N) is 2. The fourth-order valence-electron chi connectivity index (χ4n) is 1.25. The van der Waals surface area contributed by atoms with Gasteiger partial charge in [0.05, 0.1) is 15.9 Å². The van der Waals surface area contributed by atoms with Crippen molar-refractivity contribution in [3.8, 4) is 0 Å². The molecule has 102 valence electrons. The summed E-state index contributed by atoms with van der Waals surface area (Å²) in [6.07, 6.45) is 0. The lowest BCUT2D eigenvalue weighted by Gasteiger charge is -2.11. The van der Waals surface area contributed by atoms with Gasteiger partial charge in [-0.05, 0) is 13.0 Å². The Hall–Kier alpha value is -2.42. The molecule has 1 aromatic carbocycles. The van der Waals surface area contributed by atoms with Gasteiger partial charge in [-0.25, -0.2) is 0 Å². The van der Waals surface area contributed by atoms with Crippen molar-refractivity contribution in [3.63, 3.8) is 0 Å². The van der Waals surface area contributed by atoms with Gasteiger partial charge < -0.3 is 10.4 Å². The van der Waals surface area contributed by atoms with Gasteiger partial charge >= 0.3 is 5.97 Å². The van der Waals surface area contributed by atoms with Gasteiger partial charge in [0, 0.05) is 0 Å². The van der Waals surface area contributed by atoms with E-state index in [-0.39, 0.29) is 10.7 Å². The van der Waals surface area contributed by atoms with Crippen molar-refractivity contribution in [3.05, 3.63) is 37.4 Å². The van der Waals surface area contributed by atoms with Crippen LogP contribution in [0.1, 0.15) is 6.92 Å². The molecule has 0 saturated carbocycles. The van der Waals surface area contributed by atoms with E-state index in [2.05, 4.69) is 5.32 Å². The molecule has 0 amide bonds. The second-order valence-corrected chi connectivity index (χ2v) is 3.95. The largest absolute Gasteiger partial charge is 0.480 e. The quantitative estimate of drug-likeness (QED) is 0.625. The summed E-state index contributed by atoms with van der Waals surface area (Å²) in [4.78, 5) is 30.4. The number of rotatable bonds is 5. The fourth-order valence-corrected chi connectivity index (χ4v) is 1.49. The molecule has 0 aliphatic heterocycles. The van der Waals surface area contributed by atoms with E-state index in [9.17, 15) is 25.0 Å². The van der Waals surface area contributed by atoms with Crippen LogP contribution >= 0.6 is 11.6 Å². The number of carboxylic acids is 1. The zero-order valence-electron chi connectivity index (χ0n) is 9.49. The number of aliphatic carboxylic acids is 1. The highest BCUT2D eigenvalue weighted by Crippen LogP contribution is 2.35. The van der Waals surface area contributed by atoms with Gasteiger partial charge in [-0.15, -0.1) is 0 Å². The summed E-state index contributed by atoms with van der Waals surface area (Å²) in [5.41, 5.74) is -1.44. The molecule has 1 rings (SSSR count). The summed E-state index contributed by atoms with van der Waals surface area (Å²) in [6.45, 7) is 1.27. The molecule has 0 aliphatic carbocycles. The van der Waals surface area contributed by atoms with Crippen molar-refractivity contribution in [2.45, 2.75) is 13.0 Å². The van der Waals surface area contributed by atoms with Crippen molar-refractivity contribution in [2.75, 3.05) is 5.32 Å². The molecule has 19 heavy (non-hydrogen) atoms. The molecule has 2 N–H and O–H groups in total. The summed E-state index contributed by atoms with van der Waals surface area (Å²) in [5.74, 6) is -1.23. The molecular weight excluding hydrogens is 282 g/mol.